The number of benzene rings is 1. The Balaban J connectivity index is -0.000000312. The Morgan fingerprint density at radius 2 is 1.62 bits per heavy atom. The van der Waals surface area contributed by atoms with Crippen molar-refractivity contribution in [1.29, 1.82) is 0 Å². The first-order valence-corrected chi connectivity index (χ1v) is 7.37. The molecule has 140 valence electrons. The van der Waals surface area contributed by atoms with Gasteiger partial charge in [0.2, 0.25) is 5.91 Å². The topological polar surface area (TPSA) is 80.0 Å². The summed E-state index contributed by atoms with van der Waals surface area (Å²) in [5.41, 5.74) is 3.03. The third-order valence-corrected chi connectivity index (χ3v) is 3.22. The number of carbonyl (C=O) groups is 1. The Bertz CT molecular complexity index is 584. The number of para-hydroxylation sites is 1. The largest absolute Gasteiger partial charge is 0 e. The normalized spacial score (nSPS) is 8.42. The van der Waals surface area contributed by atoms with Gasteiger partial charge in [0, 0.05) is 35.5 Å². The molecule has 0 atom stereocenters. The molecular weight excluding hydrogens is 370 g/mol. The summed E-state index contributed by atoms with van der Waals surface area (Å²) in [5.74, 6) is 0.140. The Kier molecular flexibility index (Phi) is 22.1. The van der Waals surface area contributed by atoms with Gasteiger partial charge in [-0.1, -0.05) is 45.0 Å². The number of aryl methyl sites for hydroxylation is 2. The van der Waals surface area contributed by atoms with Crippen molar-refractivity contribution in [3.63, 3.8) is 0 Å². The van der Waals surface area contributed by atoms with Crippen LogP contribution >= 0.6 is 0 Å². The van der Waals surface area contributed by atoms with Crippen molar-refractivity contribution in [3.8, 4) is 0 Å². The molecule has 0 fully saturated rings. The maximum Gasteiger partial charge on any atom is 0 e. The van der Waals surface area contributed by atoms with E-state index >= 15 is 0 Å². The number of hydrogen-bond donors (Lipinski definition) is 0. The monoisotopic (exact) mass is 395 g/mol. The summed E-state index contributed by atoms with van der Waals surface area (Å²) in [7, 11) is 1.87. The zero-order valence-corrected chi connectivity index (χ0v) is 17.2. The van der Waals surface area contributed by atoms with Gasteiger partial charge >= 0.3 is 33.9 Å². The molecule has 6 heteroatoms. The standard InChI is InChI=1S/C17H25NO.3CO.Cr/c1-7-8-11-14-12-9-10-13(2)15(14)18(6)16(19)17(3,4)5;3*1-2;/h7,9-10,12H,1,8,11H2,2-6H3;;;;. The zero-order chi connectivity index (χ0) is 20.6. The average molecular weight is 395 g/mol. The predicted molar refractivity (Wildman–Crippen MR) is 94.4 cm³/mol. The third kappa shape index (κ3) is 10.9. The molecule has 0 aliphatic carbocycles. The third-order valence-electron chi connectivity index (χ3n) is 3.22. The summed E-state index contributed by atoms with van der Waals surface area (Å²) >= 11 is 0. The molecule has 0 aromatic heterocycles. The summed E-state index contributed by atoms with van der Waals surface area (Å²) < 4.78 is 22.5. The molecule has 0 radical (unpaired) electrons. The van der Waals surface area contributed by atoms with Crippen LogP contribution in [0, 0.1) is 32.3 Å². The summed E-state index contributed by atoms with van der Waals surface area (Å²) in [6.07, 6.45) is 3.76. The van der Waals surface area contributed by atoms with Gasteiger partial charge in [0.15, 0.2) is 0 Å². The van der Waals surface area contributed by atoms with E-state index in [1.165, 1.54) is 5.56 Å². The molecule has 1 aromatic rings. The van der Waals surface area contributed by atoms with E-state index in [0.29, 0.717) is 0 Å². The van der Waals surface area contributed by atoms with Gasteiger partial charge in [-0.15, -0.1) is 6.58 Å². The van der Waals surface area contributed by atoms with Crippen molar-refractivity contribution in [2.45, 2.75) is 40.5 Å². The van der Waals surface area contributed by atoms with Crippen molar-refractivity contribution in [1.82, 2.24) is 0 Å². The molecule has 0 aliphatic heterocycles. The van der Waals surface area contributed by atoms with Gasteiger partial charge in [0.25, 0.3) is 0 Å². The first-order chi connectivity index (χ1) is 11.8. The number of allylic oxidation sites excluding steroid dienone is 1. The van der Waals surface area contributed by atoms with Gasteiger partial charge in [-0.2, -0.15) is 0 Å². The molecule has 1 aromatic carbocycles. The van der Waals surface area contributed by atoms with Crippen molar-refractivity contribution < 1.29 is 36.1 Å². The molecule has 5 nitrogen and oxygen atoms in total. The van der Waals surface area contributed by atoms with E-state index in [0.717, 1.165) is 24.1 Å². The van der Waals surface area contributed by atoms with Crippen LogP contribution < -0.4 is 4.90 Å². The quantitative estimate of drug-likeness (QED) is 0.431. The fourth-order valence-electron chi connectivity index (χ4n) is 2.26. The number of carbonyl (C=O) groups excluding carboxylic acids is 1. The van der Waals surface area contributed by atoms with Crippen LogP contribution in [-0.2, 0) is 42.5 Å². The summed E-state index contributed by atoms with van der Waals surface area (Å²) in [6, 6.07) is 6.20. The Hall–Kier alpha value is -1.82. The first kappa shape index (κ1) is 31.9. The van der Waals surface area contributed by atoms with E-state index in [1.54, 1.807) is 4.90 Å². The molecule has 0 saturated heterocycles. The molecule has 0 heterocycles. The number of rotatable bonds is 4. The Labute approximate surface area is 167 Å². The van der Waals surface area contributed by atoms with Crippen molar-refractivity contribution >= 4 is 11.6 Å². The molecule has 0 spiro atoms. The number of amides is 1. The second kappa shape index (κ2) is 18.0. The summed E-state index contributed by atoms with van der Waals surface area (Å²) in [5, 5.41) is 0. The minimum atomic E-state index is -0.368. The van der Waals surface area contributed by atoms with Crippen LogP contribution in [0.3, 0.4) is 0 Å². The van der Waals surface area contributed by atoms with Crippen LogP contribution in [0.1, 0.15) is 38.3 Å². The minimum absolute atomic E-state index is 0. The molecule has 1 amide bonds. The summed E-state index contributed by atoms with van der Waals surface area (Å²) in [4.78, 5) is 14.2. The van der Waals surface area contributed by atoms with E-state index < -0.39 is 0 Å². The number of anilines is 1. The summed E-state index contributed by atoms with van der Waals surface area (Å²) in [6.45, 7) is 25.2. The number of nitrogens with zero attached hydrogens (tertiary/aromatic N) is 1. The Morgan fingerprint density at radius 1 is 1.15 bits per heavy atom. The van der Waals surface area contributed by atoms with Crippen LogP contribution in [0.5, 0.6) is 0 Å². The van der Waals surface area contributed by atoms with Gasteiger partial charge < -0.3 is 4.90 Å². The molecule has 1 rings (SSSR count). The van der Waals surface area contributed by atoms with Crippen molar-refractivity contribution in [2.75, 3.05) is 11.9 Å². The van der Waals surface area contributed by atoms with Gasteiger partial charge in [-0.25, -0.2) is 0 Å². The SMILES string of the molecule is C=CCCc1cccc(C)c1N(C)C(=O)C(C)(C)C.[C-]#[O+].[C-]#[O+].[C-]#[O+].[Cr]. The second-order valence-corrected chi connectivity index (χ2v) is 6.02. The van der Waals surface area contributed by atoms with Gasteiger partial charge in [-0.3, -0.25) is 4.79 Å². The molecule has 0 bridgehead atoms. The Morgan fingerprint density at radius 3 is 2.00 bits per heavy atom. The van der Waals surface area contributed by atoms with Crippen LogP contribution in [0.2, 0.25) is 0 Å². The fraction of sp³-hybridized carbons (Fsp3) is 0.400. The van der Waals surface area contributed by atoms with E-state index in [-0.39, 0.29) is 28.7 Å². The molecule has 26 heavy (non-hydrogen) atoms. The molecule has 0 unspecified atom stereocenters. The van der Waals surface area contributed by atoms with Crippen molar-refractivity contribution in [3.05, 3.63) is 61.9 Å². The van der Waals surface area contributed by atoms with Gasteiger partial charge in [0.05, 0.1) is 0 Å². The minimum Gasteiger partial charge on any atom is 0 e. The molecule has 0 saturated carbocycles. The zero-order valence-electron chi connectivity index (χ0n) is 15.9. The van der Waals surface area contributed by atoms with Crippen molar-refractivity contribution in [2.24, 2.45) is 5.41 Å². The molecule has 0 aliphatic rings. The van der Waals surface area contributed by atoms with Gasteiger partial charge in [0.1, 0.15) is 0 Å². The second-order valence-electron chi connectivity index (χ2n) is 6.02. The predicted octanol–water partition coefficient (Wildman–Crippen LogP) is 4.01. The van der Waals surface area contributed by atoms with E-state index in [9.17, 15) is 4.79 Å². The molecule has 0 N–H and O–H groups in total. The van der Waals surface area contributed by atoms with Crippen LogP contribution in [0.25, 0.3) is 0 Å². The van der Waals surface area contributed by atoms with Crippen LogP contribution in [0.15, 0.2) is 30.9 Å². The fourth-order valence-corrected chi connectivity index (χ4v) is 2.26. The van der Waals surface area contributed by atoms with Crippen LogP contribution in [-0.4, -0.2) is 13.0 Å². The van der Waals surface area contributed by atoms with E-state index in [1.807, 2.05) is 40.0 Å². The molecular formula is C20H25CrNO4. The van der Waals surface area contributed by atoms with E-state index in [4.69, 9.17) is 14.0 Å². The maximum absolute atomic E-state index is 12.4. The van der Waals surface area contributed by atoms with Crippen LogP contribution in [0.4, 0.5) is 5.69 Å². The average Bonchev–Trinajstić information content (AvgIpc) is 2.63. The van der Waals surface area contributed by atoms with E-state index in [2.05, 4.69) is 45.6 Å². The maximum atomic E-state index is 12.4. The van der Waals surface area contributed by atoms with Gasteiger partial charge in [-0.05, 0) is 30.9 Å². The first-order valence-electron chi connectivity index (χ1n) is 7.37. The number of hydrogen-bond acceptors (Lipinski definition) is 1. The smallest absolute Gasteiger partial charge is 0 e.